The van der Waals surface area contributed by atoms with Gasteiger partial charge in [-0.1, -0.05) is 13.8 Å². The quantitative estimate of drug-likeness (QED) is 0.862. The maximum atomic E-state index is 10.9. The minimum Gasteiger partial charge on any atom is -0.481 e. The molecule has 1 aliphatic rings. The summed E-state index contributed by atoms with van der Waals surface area (Å²) in [4.78, 5) is 21.4. The smallest absolute Gasteiger partial charge is 0.309 e. The van der Waals surface area contributed by atoms with E-state index >= 15 is 0 Å². The maximum Gasteiger partial charge on any atom is 0.309 e. The molecule has 1 aromatic heterocycles. The first-order valence-corrected chi connectivity index (χ1v) is 8.08. The zero-order chi connectivity index (χ0) is 14.5. The summed E-state index contributed by atoms with van der Waals surface area (Å²) in [6.45, 7) is 10.5. The van der Waals surface area contributed by atoms with Gasteiger partial charge in [0.25, 0.3) is 0 Å². The van der Waals surface area contributed by atoms with Crippen molar-refractivity contribution < 1.29 is 9.90 Å². The molecule has 6 heteroatoms. The lowest BCUT2D eigenvalue weighted by molar-refractivity contribution is -0.136. The minimum atomic E-state index is -0.796. The molecule has 0 unspecified atom stereocenters. The average molecular weight is 297 g/mol. The molecule has 5 nitrogen and oxygen atoms in total. The fourth-order valence-corrected chi connectivity index (χ4v) is 3.53. The van der Waals surface area contributed by atoms with Crippen LogP contribution in [0.5, 0.6) is 0 Å². The van der Waals surface area contributed by atoms with Crippen LogP contribution in [0.3, 0.4) is 0 Å². The van der Waals surface area contributed by atoms with Gasteiger partial charge in [0, 0.05) is 37.6 Å². The number of likely N-dealkylation sites (N-methyl/N-ethyl adjacent to an activating group) is 1. The van der Waals surface area contributed by atoms with Crippen LogP contribution in [0.25, 0.3) is 0 Å². The Balaban J connectivity index is 2.01. The first kappa shape index (κ1) is 15.4. The number of aromatic nitrogens is 1. The summed E-state index contributed by atoms with van der Waals surface area (Å²) < 4.78 is 0. The van der Waals surface area contributed by atoms with Crippen molar-refractivity contribution in [2.75, 3.05) is 32.7 Å². The van der Waals surface area contributed by atoms with E-state index < -0.39 is 5.97 Å². The molecule has 20 heavy (non-hydrogen) atoms. The summed E-state index contributed by atoms with van der Waals surface area (Å²) in [5.74, 6) is -0.796. The first-order chi connectivity index (χ1) is 9.62. The molecule has 1 aliphatic heterocycles. The highest BCUT2D eigenvalue weighted by atomic mass is 32.1. The van der Waals surface area contributed by atoms with Gasteiger partial charge < -0.3 is 10.0 Å². The molecule has 112 valence electrons. The van der Waals surface area contributed by atoms with Gasteiger partial charge in [0.15, 0.2) is 0 Å². The van der Waals surface area contributed by atoms with Gasteiger partial charge in [0.1, 0.15) is 0 Å². The third-order valence-electron chi connectivity index (χ3n) is 3.72. The Bertz CT molecular complexity index is 453. The summed E-state index contributed by atoms with van der Waals surface area (Å²) in [7, 11) is 0. The van der Waals surface area contributed by atoms with Gasteiger partial charge >= 0.3 is 5.97 Å². The molecule has 2 heterocycles. The van der Waals surface area contributed by atoms with E-state index in [2.05, 4.69) is 28.6 Å². The maximum absolute atomic E-state index is 10.9. The summed E-state index contributed by atoms with van der Waals surface area (Å²) >= 11 is 1.67. The lowest BCUT2D eigenvalue weighted by Crippen LogP contribution is -2.45. The Morgan fingerprint density at radius 1 is 1.25 bits per heavy atom. The van der Waals surface area contributed by atoms with Crippen LogP contribution in [-0.4, -0.2) is 58.6 Å². The third-order valence-corrected chi connectivity index (χ3v) is 4.95. The van der Waals surface area contributed by atoms with Crippen LogP contribution < -0.4 is 0 Å². The molecule has 1 saturated heterocycles. The van der Waals surface area contributed by atoms with Crippen LogP contribution in [-0.2, 0) is 24.2 Å². The van der Waals surface area contributed by atoms with Crippen LogP contribution >= 0.6 is 11.3 Å². The van der Waals surface area contributed by atoms with E-state index in [1.807, 2.05) is 0 Å². The van der Waals surface area contributed by atoms with Crippen molar-refractivity contribution in [3.8, 4) is 0 Å². The molecule has 0 saturated carbocycles. The summed E-state index contributed by atoms with van der Waals surface area (Å²) in [6.07, 6.45) is 0.918. The normalized spacial score (nSPS) is 17.5. The highest BCUT2D eigenvalue weighted by Gasteiger charge is 2.19. The largest absolute Gasteiger partial charge is 0.481 e. The average Bonchev–Trinajstić information content (AvgIpc) is 2.81. The molecule has 0 aromatic carbocycles. The number of aliphatic carboxylic acids is 1. The topological polar surface area (TPSA) is 56.7 Å². The van der Waals surface area contributed by atoms with Gasteiger partial charge in [-0.15, -0.1) is 11.3 Å². The van der Waals surface area contributed by atoms with Crippen LogP contribution in [0.1, 0.15) is 29.4 Å². The molecule has 0 bridgehead atoms. The highest BCUT2D eigenvalue weighted by Crippen LogP contribution is 2.22. The second-order valence-corrected chi connectivity index (χ2v) is 6.28. The highest BCUT2D eigenvalue weighted by molar-refractivity contribution is 7.11. The van der Waals surface area contributed by atoms with Crippen molar-refractivity contribution in [3.05, 3.63) is 15.6 Å². The zero-order valence-corrected chi connectivity index (χ0v) is 13.1. The van der Waals surface area contributed by atoms with Crippen molar-refractivity contribution >= 4 is 17.3 Å². The lowest BCUT2D eigenvalue weighted by Gasteiger charge is -2.33. The summed E-state index contributed by atoms with van der Waals surface area (Å²) in [6, 6.07) is 0. The fourth-order valence-electron chi connectivity index (χ4n) is 2.46. The van der Waals surface area contributed by atoms with E-state index in [0.717, 1.165) is 61.3 Å². The monoisotopic (exact) mass is 297 g/mol. The molecule has 0 radical (unpaired) electrons. The van der Waals surface area contributed by atoms with E-state index in [1.54, 1.807) is 11.3 Å². The Morgan fingerprint density at radius 2 is 1.90 bits per heavy atom. The third kappa shape index (κ3) is 4.01. The number of nitrogens with zero attached hydrogens (tertiary/aromatic N) is 3. The van der Waals surface area contributed by atoms with Crippen LogP contribution in [0, 0.1) is 0 Å². The number of rotatable bonds is 6. The minimum absolute atomic E-state index is 0.0424. The van der Waals surface area contributed by atoms with Crippen LogP contribution in [0.15, 0.2) is 0 Å². The van der Waals surface area contributed by atoms with E-state index in [-0.39, 0.29) is 6.42 Å². The second-order valence-electron chi connectivity index (χ2n) is 5.11. The lowest BCUT2D eigenvalue weighted by atomic mass is 10.2. The molecule has 1 aromatic rings. The molecule has 0 atom stereocenters. The number of piperazine rings is 1. The standard InChI is InChI=1S/C14H23N3O2S/c1-3-13-15-11(9-14(18)19)12(20-13)10-17-7-5-16(4-2)6-8-17/h3-10H2,1-2H3,(H,18,19). The van der Waals surface area contributed by atoms with Crippen molar-refractivity contribution in [1.29, 1.82) is 0 Å². The predicted octanol–water partition coefficient (Wildman–Crippen LogP) is 1.47. The van der Waals surface area contributed by atoms with E-state index in [9.17, 15) is 4.79 Å². The van der Waals surface area contributed by atoms with Crippen molar-refractivity contribution in [2.24, 2.45) is 0 Å². The summed E-state index contributed by atoms with van der Waals surface area (Å²) in [5.41, 5.74) is 0.761. The molecule has 2 rings (SSSR count). The van der Waals surface area contributed by atoms with Crippen molar-refractivity contribution in [1.82, 2.24) is 14.8 Å². The van der Waals surface area contributed by atoms with Crippen LogP contribution in [0.2, 0.25) is 0 Å². The molecule has 0 amide bonds. The molecular formula is C14H23N3O2S. The zero-order valence-electron chi connectivity index (χ0n) is 12.3. The van der Waals surface area contributed by atoms with E-state index in [1.165, 1.54) is 0 Å². The first-order valence-electron chi connectivity index (χ1n) is 7.26. The Kier molecular flexibility index (Phi) is 5.51. The van der Waals surface area contributed by atoms with Gasteiger partial charge in [-0.3, -0.25) is 9.69 Å². The van der Waals surface area contributed by atoms with Gasteiger partial charge in [0.05, 0.1) is 17.1 Å². The molecule has 0 spiro atoms. The fraction of sp³-hybridized carbons (Fsp3) is 0.714. The molecule has 1 N–H and O–H groups in total. The Hall–Kier alpha value is -0.980. The number of hydrogen-bond acceptors (Lipinski definition) is 5. The number of hydrogen-bond donors (Lipinski definition) is 1. The number of carboxylic acids is 1. The number of thiazole rings is 1. The van der Waals surface area contributed by atoms with Gasteiger partial charge in [-0.25, -0.2) is 4.98 Å². The SMILES string of the molecule is CCc1nc(CC(=O)O)c(CN2CCN(CC)CC2)s1. The van der Waals surface area contributed by atoms with Crippen LogP contribution in [0.4, 0.5) is 0 Å². The molecule has 1 fully saturated rings. The van der Waals surface area contributed by atoms with E-state index in [0.29, 0.717) is 0 Å². The summed E-state index contributed by atoms with van der Waals surface area (Å²) in [5, 5.41) is 10.0. The molecular weight excluding hydrogens is 274 g/mol. The van der Waals surface area contributed by atoms with Gasteiger partial charge in [0.2, 0.25) is 0 Å². The van der Waals surface area contributed by atoms with Crippen molar-refractivity contribution in [2.45, 2.75) is 33.2 Å². The van der Waals surface area contributed by atoms with Gasteiger partial charge in [-0.2, -0.15) is 0 Å². The number of carboxylic acid groups (broad SMARTS) is 1. The predicted molar refractivity (Wildman–Crippen MR) is 80.2 cm³/mol. The number of aryl methyl sites for hydroxylation is 1. The van der Waals surface area contributed by atoms with Crippen molar-refractivity contribution in [3.63, 3.8) is 0 Å². The Labute approximate surface area is 124 Å². The Morgan fingerprint density at radius 3 is 2.45 bits per heavy atom. The number of carbonyl (C=O) groups is 1. The van der Waals surface area contributed by atoms with Gasteiger partial charge in [-0.05, 0) is 13.0 Å². The van der Waals surface area contributed by atoms with E-state index in [4.69, 9.17) is 5.11 Å². The molecule has 0 aliphatic carbocycles. The second kappa shape index (κ2) is 7.15.